The van der Waals surface area contributed by atoms with E-state index in [1.54, 1.807) is 0 Å². The maximum absolute atomic E-state index is 12.8. The van der Waals surface area contributed by atoms with Crippen molar-refractivity contribution in [2.24, 2.45) is 0 Å². The fourth-order valence-electron chi connectivity index (χ4n) is 2.18. The Kier molecular flexibility index (Phi) is 5.54. The predicted octanol–water partition coefficient (Wildman–Crippen LogP) is 1.94. The fourth-order valence-corrected chi connectivity index (χ4v) is 3.59. The van der Waals surface area contributed by atoms with Gasteiger partial charge in [-0.05, 0) is 29.8 Å². The molecule has 2 rings (SSSR count). The van der Waals surface area contributed by atoms with Gasteiger partial charge >= 0.3 is 5.97 Å². The molecule has 0 fully saturated rings. The van der Waals surface area contributed by atoms with Gasteiger partial charge in [0.2, 0.25) is 0 Å². The van der Waals surface area contributed by atoms with E-state index in [-0.39, 0.29) is 22.7 Å². The van der Waals surface area contributed by atoms with E-state index in [1.165, 1.54) is 24.3 Å². The second-order valence-corrected chi connectivity index (χ2v) is 7.02. The molecule has 0 aliphatic carbocycles. The van der Waals surface area contributed by atoms with Gasteiger partial charge < -0.3 is 5.11 Å². The lowest BCUT2D eigenvalue weighted by atomic mass is 10.1. The van der Waals surface area contributed by atoms with E-state index in [4.69, 9.17) is 10.4 Å². The Bertz CT molecular complexity index is 963. The van der Waals surface area contributed by atoms with Crippen LogP contribution < -0.4 is 4.31 Å². The lowest BCUT2D eigenvalue weighted by molar-refractivity contribution is -0.384. The number of anilines is 1. The Morgan fingerprint density at radius 1 is 1.15 bits per heavy atom. The number of carboxylic acid groups (broad SMARTS) is 1. The number of aliphatic carboxylic acids is 1. The van der Waals surface area contributed by atoms with E-state index >= 15 is 0 Å². The number of non-ortho nitro benzene ring substituents is 1. The molecule has 0 saturated carbocycles. The zero-order valence-corrected chi connectivity index (χ0v) is 14.1. The minimum atomic E-state index is -4.25. The molecule has 0 amide bonds. The molecule has 0 radical (unpaired) electrons. The average Bonchev–Trinajstić information content (AvgIpc) is 2.60. The van der Waals surface area contributed by atoms with Crippen molar-refractivity contribution in [3.8, 4) is 6.07 Å². The molecular weight excluding hydrogens is 362 g/mol. The fraction of sp³-hybridized carbons (Fsp3) is 0.125. The Labute approximate surface area is 148 Å². The van der Waals surface area contributed by atoms with Gasteiger partial charge in [0.05, 0.1) is 28.0 Å². The van der Waals surface area contributed by atoms with Gasteiger partial charge in [0.15, 0.2) is 0 Å². The van der Waals surface area contributed by atoms with E-state index in [2.05, 4.69) is 0 Å². The van der Waals surface area contributed by atoms with E-state index in [1.807, 2.05) is 6.07 Å². The summed E-state index contributed by atoms with van der Waals surface area (Å²) in [6.07, 6.45) is 0.133. The van der Waals surface area contributed by atoms with Gasteiger partial charge in [0, 0.05) is 12.1 Å². The van der Waals surface area contributed by atoms with Crippen LogP contribution in [0.2, 0.25) is 0 Å². The largest absolute Gasteiger partial charge is 0.480 e. The van der Waals surface area contributed by atoms with Crippen molar-refractivity contribution in [2.75, 3.05) is 10.8 Å². The summed E-state index contributed by atoms with van der Waals surface area (Å²) in [6, 6.07) is 12.0. The maximum Gasteiger partial charge on any atom is 0.324 e. The second kappa shape index (κ2) is 7.62. The van der Waals surface area contributed by atoms with Crippen LogP contribution in [-0.4, -0.2) is 31.0 Å². The van der Waals surface area contributed by atoms with Crippen molar-refractivity contribution >= 4 is 27.4 Å². The first-order chi connectivity index (χ1) is 12.3. The van der Waals surface area contributed by atoms with Crippen molar-refractivity contribution in [1.82, 2.24) is 0 Å². The van der Waals surface area contributed by atoms with Crippen molar-refractivity contribution in [1.29, 1.82) is 5.26 Å². The summed E-state index contributed by atoms with van der Waals surface area (Å²) < 4.78 is 26.3. The highest BCUT2D eigenvalue weighted by molar-refractivity contribution is 7.92. The van der Waals surface area contributed by atoms with E-state index in [0.717, 1.165) is 24.3 Å². The zero-order chi connectivity index (χ0) is 19.3. The highest BCUT2D eigenvalue weighted by Crippen LogP contribution is 2.25. The molecule has 0 bridgehead atoms. The number of rotatable bonds is 7. The SMILES string of the molecule is N#CCc1ccc(N(CC(=O)O)S(=O)(=O)c2ccc([N+](=O)[O-])cc2)cc1. The molecule has 0 unspecified atom stereocenters. The minimum absolute atomic E-state index is 0.104. The van der Waals surface area contributed by atoms with Gasteiger partial charge in [0.1, 0.15) is 6.54 Å². The number of sulfonamides is 1. The molecule has 0 spiro atoms. The zero-order valence-electron chi connectivity index (χ0n) is 13.3. The van der Waals surface area contributed by atoms with Gasteiger partial charge in [-0.15, -0.1) is 0 Å². The van der Waals surface area contributed by atoms with Crippen LogP contribution in [-0.2, 0) is 21.2 Å². The summed E-state index contributed by atoms with van der Waals surface area (Å²) in [6.45, 7) is -0.823. The summed E-state index contributed by atoms with van der Waals surface area (Å²) >= 11 is 0. The number of benzene rings is 2. The van der Waals surface area contributed by atoms with Gasteiger partial charge in [-0.2, -0.15) is 5.26 Å². The monoisotopic (exact) mass is 375 g/mol. The molecule has 0 heterocycles. The normalized spacial score (nSPS) is 10.7. The van der Waals surface area contributed by atoms with Crippen molar-refractivity contribution in [3.05, 3.63) is 64.2 Å². The van der Waals surface area contributed by atoms with Gasteiger partial charge in [0.25, 0.3) is 15.7 Å². The molecular formula is C16H13N3O6S. The van der Waals surface area contributed by atoms with E-state index in [9.17, 15) is 23.3 Å². The lowest BCUT2D eigenvalue weighted by Crippen LogP contribution is -2.35. The number of hydrogen-bond donors (Lipinski definition) is 1. The highest BCUT2D eigenvalue weighted by Gasteiger charge is 2.27. The molecule has 2 aromatic carbocycles. The molecule has 0 aliphatic heterocycles. The summed E-state index contributed by atoms with van der Waals surface area (Å²) in [5, 5.41) is 28.4. The molecule has 10 heteroatoms. The third kappa shape index (κ3) is 4.14. The first-order valence-electron chi connectivity index (χ1n) is 7.20. The lowest BCUT2D eigenvalue weighted by Gasteiger charge is -2.22. The maximum atomic E-state index is 12.8. The van der Waals surface area contributed by atoms with E-state index < -0.39 is 27.5 Å². The van der Waals surface area contributed by atoms with Crippen LogP contribution in [0.3, 0.4) is 0 Å². The van der Waals surface area contributed by atoms with Crippen molar-refractivity contribution < 1.29 is 23.2 Å². The predicted molar refractivity (Wildman–Crippen MR) is 91.0 cm³/mol. The standard InChI is InChI=1S/C16H13N3O6S/c17-10-9-12-1-3-13(4-2-12)18(11-16(20)21)26(24,25)15-7-5-14(6-8-15)19(22)23/h1-8H,9,11H2,(H,20,21). The topological polar surface area (TPSA) is 142 Å². The van der Waals surface area contributed by atoms with Crippen LogP contribution >= 0.6 is 0 Å². The first-order valence-corrected chi connectivity index (χ1v) is 8.64. The molecule has 0 atom stereocenters. The summed E-state index contributed by atoms with van der Waals surface area (Å²) in [5.41, 5.74) is 0.473. The van der Waals surface area contributed by atoms with Crippen molar-refractivity contribution in [3.63, 3.8) is 0 Å². The van der Waals surface area contributed by atoms with Crippen LogP contribution in [0.5, 0.6) is 0 Å². The second-order valence-electron chi connectivity index (χ2n) is 5.16. The summed E-state index contributed by atoms with van der Waals surface area (Å²) in [5.74, 6) is -1.36. The van der Waals surface area contributed by atoms with Gasteiger partial charge in [-0.1, -0.05) is 12.1 Å². The number of nitro groups is 1. The average molecular weight is 375 g/mol. The number of carboxylic acids is 1. The number of nitro benzene ring substituents is 1. The third-order valence-electron chi connectivity index (χ3n) is 3.42. The molecule has 134 valence electrons. The number of hydrogen-bond acceptors (Lipinski definition) is 6. The highest BCUT2D eigenvalue weighted by atomic mass is 32.2. The molecule has 2 aromatic rings. The van der Waals surface area contributed by atoms with Crippen LogP contribution in [0.4, 0.5) is 11.4 Å². The molecule has 0 saturated heterocycles. The minimum Gasteiger partial charge on any atom is -0.480 e. The van der Waals surface area contributed by atoms with Crippen LogP contribution in [0, 0.1) is 21.4 Å². The smallest absolute Gasteiger partial charge is 0.324 e. The quantitative estimate of drug-likeness (QED) is 0.575. The summed E-state index contributed by atoms with van der Waals surface area (Å²) in [4.78, 5) is 20.9. The van der Waals surface area contributed by atoms with Gasteiger partial charge in [-0.3, -0.25) is 19.2 Å². The van der Waals surface area contributed by atoms with E-state index in [0.29, 0.717) is 9.87 Å². The number of nitriles is 1. The molecule has 0 aromatic heterocycles. The third-order valence-corrected chi connectivity index (χ3v) is 5.21. The molecule has 26 heavy (non-hydrogen) atoms. The van der Waals surface area contributed by atoms with Gasteiger partial charge in [-0.25, -0.2) is 8.42 Å². The molecule has 9 nitrogen and oxygen atoms in total. The first kappa shape index (κ1) is 18.9. The van der Waals surface area contributed by atoms with Crippen molar-refractivity contribution in [2.45, 2.75) is 11.3 Å². The number of nitrogens with zero attached hydrogens (tertiary/aromatic N) is 3. The Balaban J connectivity index is 2.45. The van der Waals surface area contributed by atoms with Crippen LogP contribution in [0.25, 0.3) is 0 Å². The molecule has 0 aliphatic rings. The Hall–Kier alpha value is -3.45. The molecule has 1 N–H and O–H groups in total. The summed E-state index contributed by atoms with van der Waals surface area (Å²) in [7, 11) is -4.25. The van der Waals surface area contributed by atoms with Crippen LogP contribution in [0.15, 0.2) is 53.4 Å². The number of carbonyl (C=O) groups is 1. The Morgan fingerprint density at radius 3 is 2.19 bits per heavy atom. The van der Waals surface area contributed by atoms with Crippen LogP contribution in [0.1, 0.15) is 5.56 Å². The Morgan fingerprint density at radius 2 is 1.73 bits per heavy atom.